The van der Waals surface area contributed by atoms with Crippen LogP contribution in [0.5, 0.6) is 0 Å². The lowest BCUT2D eigenvalue weighted by molar-refractivity contribution is 0.0595. The number of ether oxygens (including phenoxy) is 1. The molecule has 0 unspecified atom stereocenters. The number of rotatable bonds is 5. The first-order valence-corrected chi connectivity index (χ1v) is 6.10. The summed E-state index contributed by atoms with van der Waals surface area (Å²) in [6, 6.07) is 5.04. The molecule has 0 saturated heterocycles. The van der Waals surface area contributed by atoms with Gasteiger partial charge >= 0.3 is 5.97 Å². The summed E-state index contributed by atoms with van der Waals surface area (Å²) in [5.41, 5.74) is 0.838. The van der Waals surface area contributed by atoms with Crippen LogP contribution in [0.4, 0.5) is 4.39 Å². The predicted octanol–water partition coefficient (Wildman–Crippen LogP) is 2.84. The zero-order valence-electron chi connectivity index (χ0n) is 11.4. The summed E-state index contributed by atoms with van der Waals surface area (Å²) in [4.78, 5) is 13.5. The van der Waals surface area contributed by atoms with Gasteiger partial charge in [-0.2, -0.15) is 0 Å². The molecule has 0 atom stereocenters. The van der Waals surface area contributed by atoms with E-state index in [1.54, 1.807) is 6.07 Å². The molecule has 0 aromatic heterocycles. The van der Waals surface area contributed by atoms with Gasteiger partial charge in [0.05, 0.1) is 12.7 Å². The third-order valence-corrected chi connectivity index (χ3v) is 2.96. The molecule has 3 nitrogen and oxygen atoms in total. The van der Waals surface area contributed by atoms with Crippen LogP contribution in [-0.4, -0.2) is 30.6 Å². The third kappa shape index (κ3) is 3.53. The zero-order valence-corrected chi connectivity index (χ0v) is 11.4. The van der Waals surface area contributed by atoms with E-state index in [0.29, 0.717) is 12.6 Å². The Morgan fingerprint density at radius 2 is 2.11 bits per heavy atom. The highest BCUT2D eigenvalue weighted by molar-refractivity contribution is 5.89. The Labute approximate surface area is 108 Å². The molecule has 0 saturated carbocycles. The summed E-state index contributed by atoms with van der Waals surface area (Å²) in [5.74, 6) is -1.17. The molecule has 0 radical (unpaired) electrons. The monoisotopic (exact) mass is 253 g/mol. The van der Waals surface area contributed by atoms with Crippen LogP contribution in [0, 0.1) is 5.82 Å². The van der Waals surface area contributed by atoms with Crippen molar-refractivity contribution < 1.29 is 13.9 Å². The van der Waals surface area contributed by atoms with Crippen molar-refractivity contribution in [2.75, 3.05) is 13.7 Å². The fourth-order valence-electron chi connectivity index (χ4n) is 1.83. The minimum absolute atomic E-state index is 0.0196. The number of methoxy groups -OCH3 is 1. The van der Waals surface area contributed by atoms with E-state index < -0.39 is 11.8 Å². The number of hydrogen-bond acceptors (Lipinski definition) is 3. The molecule has 100 valence electrons. The lowest BCUT2D eigenvalue weighted by Crippen LogP contribution is -2.30. The van der Waals surface area contributed by atoms with Crippen LogP contribution < -0.4 is 0 Å². The van der Waals surface area contributed by atoms with E-state index in [9.17, 15) is 9.18 Å². The quantitative estimate of drug-likeness (QED) is 0.756. The van der Waals surface area contributed by atoms with E-state index >= 15 is 0 Å². The smallest absolute Gasteiger partial charge is 0.340 e. The standard InChI is InChI=1S/C14H20FNO2/c1-5-16(10(2)3)9-11-6-7-12(13(15)8-11)14(17)18-4/h6-8,10H,5,9H2,1-4H3. The fourth-order valence-corrected chi connectivity index (χ4v) is 1.83. The van der Waals surface area contributed by atoms with E-state index in [-0.39, 0.29) is 5.56 Å². The predicted molar refractivity (Wildman–Crippen MR) is 69.0 cm³/mol. The Morgan fingerprint density at radius 3 is 2.56 bits per heavy atom. The Balaban J connectivity index is 2.87. The maximum Gasteiger partial charge on any atom is 0.340 e. The van der Waals surface area contributed by atoms with E-state index in [2.05, 4.69) is 30.4 Å². The molecule has 1 rings (SSSR count). The van der Waals surface area contributed by atoms with Gasteiger partial charge in [0.25, 0.3) is 0 Å². The molecule has 0 amide bonds. The van der Waals surface area contributed by atoms with Crippen molar-refractivity contribution in [2.45, 2.75) is 33.4 Å². The average molecular weight is 253 g/mol. The van der Waals surface area contributed by atoms with Crippen LogP contribution in [0.25, 0.3) is 0 Å². The van der Waals surface area contributed by atoms with Crippen LogP contribution >= 0.6 is 0 Å². The number of carbonyl (C=O) groups excluding carboxylic acids is 1. The SMILES string of the molecule is CCN(Cc1ccc(C(=O)OC)c(F)c1)C(C)C. The Bertz CT molecular complexity index is 418. The highest BCUT2D eigenvalue weighted by Crippen LogP contribution is 2.14. The van der Waals surface area contributed by atoms with Gasteiger partial charge in [0, 0.05) is 12.6 Å². The zero-order chi connectivity index (χ0) is 13.7. The van der Waals surface area contributed by atoms with Crippen LogP contribution in [0.3, 0.4) is 0 Å². The van der Waals surface area contributed by atoms with Crippen LogP contribution in [0.15, 0.2) is 18.2 Å². The maximum absolute atomic E-state index is 13.7. The fraction of sp³-hybridized carbons (Fsp3) is 0.500. The van der Waals surface area contributed by atoms with Crippen molar-refractivity contribution in [1.29, 1.82) is 0 Å². The Kier molecular flexibility index (Phi) is 5.28. The third-order valence-electron chi connectivity index (χ3n) is 2.96. The lowest BCUT2D eigenvalue weighted by Gasteiger charge is -2.24. The van der Waals surface area contributed by atoms with Crippen molar-refractivity contribution in [3.63, 3.8) is 0 Å². The number of halogens is 1. The minimum atomic E-state index is -0.643. The van der Waals surface area contributed by atoms with Gasteiger partial charge in [0.15, 0.2) is 0 Å². The molecule has 4 heteroatoms. The van der Waals surface area contributed by atoms with E-state index in [0.717, 1.165) is 12.1 Å². The summed E-state index contributed by atoms with van der Waals surface area (Å²) in [6.07, 6.45) is 0. The van der Waals surface area contributed by atoms with Gasteiger partial charge in [-0.05, 0) is 38.1 Å². The molecule has 0 heterocycles. The van der Waals surface area contributed by atoms with Crippen molar-refractivity contribution in [2.24, 2.45) is 0 Å². The first kappa shape index (κ1) is 14.6. The van der Waals surface area contributed by atoms with Crippen molar-refractivity contribution in [3.8, 4) is 0 Å². The van der Waals surface area contributed by atoms with Crippen LogP contribution in [0.1, 0.15) is 36.7 Å². The van der Waals surface area contributed by atoms with Crippen LogP contribution in [-0.2, 0) is 11.3 Å². The molecule has 18 heavy (non-hydrogen) atoms. The number of hydrogen-bond donors (Lipinski definition) is 0. The average Bonchev–Trinajstić information content (AvgIpc) is 2.34. The normalized spacial score (nSPS) is 11.1. The molecule has 0 bridgehead atoms. The van der Waals surface area contributed by atoms with Crippen LogP contribution in [0.2, 0.25) is 0 Å². The van der Waals surface area contributed by atoms with E-state index in [4.69, 9.17) is 0 Å². The summed E-state index contributed by atoms with van der Waals surface area (Å²) in [5, 5.41) is 0. The molecule has 0 spiro atoms. The maximum atomic E-state index is 13.7. The van der Waals surface area contributed by atoms with Gasteiger partial charge in [0.1, 0.15) is 5.82 Å². The van der Waals surface area contributed by atoms with Gasteiger partial charge < -0.3 is 4.74 Å². The first-order chi connectivity index (χ1) is 8.49. The lowest BCUT2D eigenvalue weighted by atomic mass is 10.1. The highest BCUT2D eigenvalue weighted by atomic mass is 19.1. The van der Waals surface area contributed by atoms with Gasteiger partial charge in [-0.15, -0.1) is 0 Å². The molecule has 0 N–H and O–H groups in total. The summed E-state index contributed by atoms with van der Waals surface area (Å²) < 4.78 is 18.2. The largest absolute Gasteiger partial charge is 0.465 e. The Hall–Kier alpha value is -1.42. The summed E-state index contributed by atoms with van der Waals surface area (Å²) >= 11 is 0. The topological polar surface area (TPSA) is 29.5 Å². The van der Waals surface area contributed by atoms with Crippen molar-refractivity contribution in [3.05, 3.63) is 35.1 Å². The Morgan fingerprint density at radius 1 is 1.44 bits per heavy atom. The second-order valence-electron chi connectivity index (χ2n) is 4.46. The number of esters is 1. The van der Waals surface area contributed by atoms with Gasteiger partial charge in [-0.25, -0.2) is 9.18 Å². The van der Waals surface area contributed by atoms with Gasteiger partial charge in [0.2, 0.25) is 0 Å². The summed E-state index contributed by atoms with van der Waals surface area (Å²) in [6.45, 7) is 7.84. The minimum Gasteiger partial charge on any atom is -0.465 e. The number of nitrogens with zero attached hydrogens (tertiary/aromatic N) is 1. The number of carbonyl (C=O) groups is 1. The molecule has 1 aromatic rings. The summed E-state index contributed by atoms with van der Waals surface area (Å²) in [7, 11) is 1.24. The van der Waals surface area contributed by atoms with E-state index in [1.165, 1.54) is 19.2 Å². The molecule has 0 aliphatic carbocycles. The van der Waals surface area contributed by atoms with Gasteiger partial charge in [-0.1, -0.05) is 13.0 Å². The van der Waals surface area contributed by atoms with Gasteiger partial charge in [-0.3, -0.25) is 4.90 Å². The van der Waals surface area contributed by atoms with E-state index in [1.807, 2.05) is 0 Å². The molecular formula is C14H20FNO2. The van der Waals surface area contributed by atoms with Crippen molar-refractivity contribution >= 4 is 5.97 Å². The molecular weight excluding hydrogens is 233 g/mol. The van der Waals surface area contributed by atoms with Crippen molar-refractivity contribution in [1.82, 2.24) is 4.90 Å². The number of benzene rings is 1. The first-order valence-electron chi connectivity index (χ1n) is 6.10. The second kappa shape index (κ2) is 6.50. The molecule has 0 aliphatic rings. The second-order valence-corrected chi connectivity index (χ2v) is 4.46. The highest BCUT2D eigenvalue weighted by Gasteiger charge is 2.14. The molecule has 0 fully saturated rings. The molecule has 1 aromatic carbocycles. The molecule has 0 aliphatic heterocycles.